The third-order valence-corrected chi connectivity index (χ3v) is 7.11. The largest absolute Gasteiger partial charge is 0.463 e. The standard InChI is InChI=1S/C22H20F2N6O3S/c23-13-6-12(7-14(24)8-13)17-2-3-25-30(17)22(32)29-10-15(11-29)33-21-27-19-18(34-21)9-16(26-19)20(31)28-4-1-5-28/h3,6-9,15,17,26H,1-2,4-5,10-11H2. The number of fused-ring (bicyclic) bond motifs is 1. The molecule has 1 atom stereocenters. The van der Waals surface area contributed by atoms with Gasteiger partial charge in [-0.15, -0.1) is 0 Å². The van der Waals surface area contributed by atoms with E-state index in [4.69, 9.17) is 4.74 Å². The zero-order chi connectivity index (χ0) is 23.4. The molecule has 3 amide bonds. The average molecular weight is 487 g/mol. The molecule has 3 aliphatic heterocycles. The van der Waals surface area contributed by atoms with E-state index in [-0.39, 0.29) is 18.0 Å². The van der Waals surface area contributed by atoms with Gasteiger partial charge in [0.25, 0.3) is 11.1 Å². The molecule has 0 aliphatic carbocycles. The zero-order valence-electron chi connectivity index (χ0n) is 17.9. The van der Waals surface area contributed by atoms with Gasteiger partial charge in [-0.1, -0.05) is 11.3 Å². The van der Waals surface area contributed by atoms with Crippen molar-refractivity contribution in [3.8, 4) is 5.19 Å². The molecule has 12 heteroatoms. The first-order valence-electron chi connectivity index (χ1n) is 11.0. The van der Waals surface area contributed by atoms with Gasteiger partial charge >= 0.3 is 6.03 Å². The highest BCUT2D eigenvalue weighted by atomic mass is 32.1. The van der Waals surface area contributed by atoms with E-state index in [1.54, 1.807) is 22.1 Å². The van der Waals surface area contributed by atoms with Crippen LogP contribution in [0.1, 0.15) is 34.9 Å². The summed E-state index contributed by atoms with van der Waals surface area (Å²) in [6.45, 7) is 2.27. The number of carbonyl (C=O) groups is 2. The lowest BCUT2D eigenvalue weighted by Crippen LogP contribution is -2.58. The number of hydrogen-bond donors (Lipinski definition) is 1. The topological polar surface area (TPSA) is 94.1 Å². The Labute approximate surface area is 196 Å². The van der Waals surface area contributed by atoms with E-state index in [1.165, 1.54) is 28.5 Å². The van der Waals surface area contributed by atoms with Crippen molar-refractivity contribution in [1.82, 2.24) is 24.8 Å². The molecule has 2 fully saturated rings. The molecule has 2 saturated heterocycles. The fourth-order valence-corrected chi connectivity index (χ4v) is 5.13. The molecule has 5 heterocycles. The molecular weight excluding hydrogens is 466 g/mol. The van der Waals surface area contributed by atoms with E-state index in [1.807, 2.05) is 0 Å². The van der Waals surface area contributed by atoms with Crippen molar-refractivity contribution in [1.29, 1.82) is 0 Å². The van der Waals surface area contributed by atoms with Crippen molar-refractivity contribution >= 4 is 39.8 Å². The van der Waals surface area contributed by atoms with Crippen LogP contribution in [-0.4, -0.2) is 75.2 Å². The Morgan fingerprint density at radius 1 is 1.09 bits per heavy atom. The average Bonchev–Trinajstić information content (AvgIpc) is 3.42. The van der Waals surface area contributed by atoms with E-state index >= 15 is 0 Å². The lowest BCUT2D eigenvalue weighted by molar-refractivity contribution is 0.0277. The molecule has 3 aromatic rings. The molecule has 0 spiro atoms. The van der Waals surface area contributed by atoms with E-state index in [9.17, 15) is 18.4 Å². The quantitative estimate of drug-likeness (QED) is 0.612. The van der Waals surface area contributed by atoms with Gasteiger partial charge in [-0.3, -0.25) is 4.79 Å². The highest BCUT2D eigenvalue weighted by Gasteiger charge is 2.39. The summed E-state index contributed by atoms with van der Waals surface area (Å²) in [5.74, 6) is -1.40. The number of nitrogens with one attached hydrogen (secondary N) is 1. The molecule has 2 aromatic heterocycles. The molecule has 9 nitrogen and oxygen atoms in total. The number of aromatic nitrogens is 2. The van der Waals surface area contributed by atoms with Crippen LogP contribution in [0.4, 0.5) is 13.6 Å². The Hall–Kier alpha value is -3.54. The van der Waals surface area contributed by atoms with E-state index < -0.39 is 17.7 Å². The number of ether oxygens (including phenoxy) is 1. The van der Waals surface area contributed by atoms with Gasteiger partial charge in [0, 0.05) is 31.8 Å². The monoisotopic (exact) mass is 486 g/mol. The smallest absolute Gasteiger partial charge is 0.341 e. The second-order valence-corrected chi connectivity index (χ2v) is 9.54. The number of amides is 3. The second kappa shape index (κ2) is 8.05. The highest BCUT2D eigenvalue weighted by Crippen LogP contribution is 2.33. The first kappa shape index (κ1) is 21.0. The Bertz CT molecular complexity index is 1260. The summed E-state index contributed by atoms with van der Waals surface area (Å²) in [5.41, 5.74) is 1.49. The van der Waals surface area contributed by atoms with Crippen LogP contribution in [0.3, 0.4) is 0 Å². The molecule has 0 radical (unpaired) electrons. The first-order chi connectivity index (χ1) is 16.4. The molecular formula is C22H20F2N6O3S. The maximum atomic E-state index is 13.6. The number of hydrazone groups is 1. The third kappa shape index (κ3) is 3.67. The Balaban J connectivity index is 1.06. The van der Waals surface area contributed by atoms with Crippen molar-refractivity contribution in [3.63, 3.8) is 0 Å². The predicted molar refractivity (Wildman–Crippen MR) is 120 cm³/mol. The SMILES string of the molecule is O=C(c1cc2sc(OC3CN(C(=O)N4N=CCC4c4cc(F)cc(F)c4)C3)nc2[nH]1)N1CCC1. The van der Waals surface area contributed by atoms with Gasteiger partial charge in [-0.2, -0.15) is 10.1 Å². The minimum Gasteiger partial charge on any atom is -0.463 e. The van der Waals surface area contributed by atoms with Gasteiger partial charge in [0.05, 0.1) is 23.8 Å². The van der Waals surface area contributed by atoms with Crippen molar-refractivity contribution in [2.24, 2.45) is 5.10 Å². The number of nitrogens with zero attached hydrogens (tertiary/aromatic N) is 5. The van der Waals surface area contributed by atoms with Gasteiger partial charge in [0.1, 0.15) is 23.4 Å². The van der Waals surface area contributed by atoms with Gasteiger partial charge in [0.15, 0.2) is 5.65 Å². The number of thiazole rings is 1. The lowest BCUT2D eigenvalue weighted by atomic mass is 10.0. The summed E-state index contributed by atoms with van der Waals surface area (Å²) >= 11 is 1.34. The summed E-state index contributed by atoms with van der Waals surface area (Å²) in [5, 5.41) is 5.84. The zero-order valence-corrected chi connectivity index (χ0v) is 18.7. The fourth-order valence-electron chi connectivity index (χ4n) is 4.25. The summed E-state index contributed by atoms with van der Waals surface area (Å²) in [6.07, 6.45) is 2.76. The molecule has 0 bridgehead atoms. The summed E-state index contributed by atoms with van der Waals surface area (Å²) in [6, 6.07) is 4.13. The number of likely N-dealkylation sites (tertiary alicyclic amines) is 2. The number of urea groups is 1. The molecule has 34 heavy (non-hydrogen) atoms. The van der Waals surface area contributed by atoms with Gasteiger partial charge in [0.2, 0.25) is 0 Å². The number of benzene rings is 1. The van der Waals surface area contributed by atoms with Crippen molar-refractivity contribution < 1.29 is 23.1 Å². The van der Waals surface area contributed by atoms with Crippen LogP contribution >= 0.6 is 11.3 Å². The Morgan fingerprint density at radius 2 is 1.85 bits per heavy atom. The van der Waals surface area contributed by atoms with Gasteiger partial charge in [-0.25, -0.2) is 18.6 Å². The molecule has 1 aromatic carbocycles. The third-order valence-electron chi connectivity index (χ3n) is 6.22. The van der Waals surface area contributed by atoms with Crippen molar-refractivity contribution in [2.45, 2.75) is 25.0 Å². The lowest BCUT2D eigenvalue weighted by Gasteiger charge is -2.40. The fraction of sp³-hybridized carbons (Fsp3) is 0.364. The van der Waals surface area contributed by atoms with Crippen LogP contribution in [0.15, 0.2) is 29.4 Å². The van der Waals surface area contributed by atoms with Crippen LogP contribution in [0.5, 0.6) is 5.19 Å². The van der Waals surface area contributed by atoms with E-state index in [2.05, 4.69) is 15.1 Å². The number of carbonyl (C=O) groups excluding carboxylic acids is 2. The first-order valence-corrected chi connectivity index (χ1v) is 11.8. The second-order valence-electron chi connectivity index (χ2n) is 8.55. The minimum absolute atomic E-state index is 0.0177. The van der Waals surface area contributed by atoms with Crippen LogP contribution in [-0.2, 0) is 0 Å². The van der Waals surface area contributed by atoms with Crippen LogP contribution in [0, 0.1) is 11.6 Å². The van der Waals surface area contributed by atoms with Crippen molar-refractivity contribution in [2.75, 3.05) is 26.2 Å². The number of H-pyrrole nitrogens is 1. The van der Waals surface area contributed by atoms with Crippen LogP contribution in [0.25, 0.3) is 10.3 Å². The number of aromatic amines is 1. The predicted octanol–water partition coefficient (Wildman–Crippen LogP) is 3.36. The summed E-state index contributed by atoms with van der Waals surface area (Å²) in [7, 11) is 0. The van der Waals surface area contributed by atoms with E-state index in [0.717, 1.165) is 30.3 Å². The normalized spacial score (nSPS) is 20.1. The Morgan fingerprint density at radius 3 is 2.53 bits per heavy atom. The molecule has 1 unspecified atom stereocenters. The highest BCUT2D eigenvalue weighted by molar-refractivity contribution is 7.20. The molecule has 3 aliphatic rings. The van der Waals surface area contributed by atoms with Crippen LogP contribution in [0.2, 0.25) is 0 Å². The van der Waals surface area contributed by atoms with Gasteiger partial charge in [-0.05, 0) is 30.2 Å². The molecule has 1 N–H and O–H groups in total. The summed E-state index contributed by atoms with van der Waals surface area (Å²) in [4.78, 5) is 36.1. The maximum absolute atomic E-state index is 13.6. The molecule has 176 valence electrons. The van der Waals surface area contributed by atoms with E-state index in [0.29, 0.717) is 41.6 Å². The van der Waals surface area contributed by atoms with Gasteiger partial charge < -0.3 is 19.5 Å². The number of halogens is 2. The van der Waals surface area contributed by atoms with Crippen molar-refractivity contribution in [3.05, 3.63) is 47.2 Å². The molecule has 6 rings (SSSR count). The maximum Gasteiger partial charge on any atom is 0.341 e. The number of rotatable bonds is 4. The minimum atomic E-state index is -0.691. The molecule has 0 saturated carbocycles. The van der Waals surface area contributed by atoms with Crippen LogP contribution < -0.4 is 4.74 Å². The Kier molecular flexibility index (Phi) is 4.97. The summed E-state index contributed by atoms with van der Waals surface area (Å²) < 4.78 is 34.0. The number of hydrogen-bond acceptors (Lipinski definition) is 6.